The molecule has 0 aliphatic carbocycles. The summed E-state index contributed by atoms with van der Waals surface area (Å²) in [6, 6.07) is 11.9. The van der Waals surface area contributed by atoms with Crippen LogP contribution in [0.1, 0.15) is 24.1 Å². The molecule has 0 N–H and O–H groups in total. The van der Waals surface area contributed by atoms with Crippen LogP contribution in [0.5, 0.6) is 11.5 Å². The molecular weight excluding hydrogens is 392 g/mol. The number of nitro benzene ring substituents is 1. The van der Waals surface area contributed by atoms with Crippen LogP contribution in [0.3, 0.4) is 0 Å². The highest BCUT2D eigenvalue weighted by atomic mass is 16.7. The standard InChI is InChI=1S/C21H20N2O7/c1-14(15-6-4-3-5-7-15)22(2)20(24)12-28-21(25)9-8-16-10-18-19(30-13-29-18)11-17(16)23(26)27/h3-11,14H,12-13H2,1-2H3/b9-8+/t14-/m1/s1. The minimum Gasteiger partial charge on any atom is -0.454 e. The van der Waals surface area contributed by atoms with Gasteiger partial charge in [-0.15, -0.1) is 0 Å². The molecule has 3 rings (SSSR count). The van der Waals surface area contributed by atoms with Crippen LogP contribution < -0.4 is 9.47 Å². The van der Waals surface area contributed by atoms with Crippen LogP contribution in [-0.4, -0.2) is 42.1 Å². The highest BCUT2D eigenvalue weighted by molar-refractivity contribution is 5.90. The molecule has 0 spiro atoms. The lowest BCUT2D eigenvalue weighted by Gasteiger charge is -2.25. The fourth-order valence-corrected chi connectivity index (χ4v) is 2.85. The quantitative estimate of drug-likeness (QED) is 0.298. The molecule has 0 radical (unpaired) electrons. The van der Waals surface area contributed by atoms with Gasteiger partial charge in [-0.05, 0) is 24.6 Å². The maximum atomic E-state index is 12.3. The fraction of sp³-hybridized carbons (Fsp3) is 0.238. The first-order valence-electron chi connectivity index (χ1n) is 9.10. The number of nitrogens with zero attached hydrogens (tertiary/aromatic N) is 2. The van der Waals surface area contributed by atoms with Crippen LogP contribution in [0.2, 0.25) is 0 Å². The van der Waals surface area contributed by atoms with Gasteiger partial charge in [-0.3, -0.25) is 14.9 Å². The number of nitro groups is 1. The largest absolute Gasteiger partial charge is 0.454 e. The van der Waals surface area contributed by atoms with E-state index in [1.54, 1.807) is 7.05 Å². The zero-order valence-electron chi connectivity index (χ0n) is 16.4. The zero-order valence-corrected chi connectivity index (χ0v) is 16.4. The van der Waals surface area contributed by atoms with Gasteiger partial charge >= 0.3 is 5.97 Å². The first-order chi connectivity index (χ1) is 14.4. The monoisotopic (exact) mass is 412 g/mol. The second kappa shape index (κ2) is 9.08. The predicted molar refractivity (Wildman–Crippen MR) is 107 cm³/mol. The zero-order chi connectivity index (χ0) is 21.7. The van der Waals surface area contributed by atoms with Crippen LogP contribution in [0.25, 0.3) is 6.08 Å². The van der Waals surface area contributed by atoms with Crippen molar-refractivity contribution in [1.82, 2.24) is 4.90 Å². The summed E-state index contributed by atoms with van der Waals surface area (Å²) in [5.41, 5.74) is 0.868. The Bertz CT molecular complexity index is 988. The molecule has 0 saturated heterocycles. The topological polar surface area (TPSA) is 108 Å². The van der Waals surface area contributed by atoms with E-state index >= 15 is 0 Å². The number of carbonyl (C=O) groups excluding carboxylic acids is 2. The van der Waals surface area contributed by atoms with Crippen molar-refractivity contribution in [3.05, 3.63) is 69.8 Å². The van der Waals surface area contributed by atoms with Gasteiger partial charge in [-0.1, -0.05) is 30.3 Å². The number of esters is 1. The Morgan fingerprint density at radius 1 is 1.23 bits per heavy atom. The Morgan fingerprint density at radius 3 is 2.57 bits per heavy atom. The van der Waals surface area contributed by atoms with E-state index in [-0.39, 0.29) is 35.7 Å². The van der Waals surface area contributed by atoms with Gasteiger partial charge in [0.25, 0.3) is 11.6 Å². The van der Waals surface area contributed by atoms with E-state index in [0.717, 1.165) is 11.6 Å². The SMILES string of the molecule is C[C@H](c1ccccc1)N(C)C(=O)COC(=O)/C=C/c1cc2c(cc1[N+](=O)[O-])OCO2. The summed E-state index contributed by atoms with van der Waals surface area (Å²) < 4.78 is 15.3. The lowest BCUT2D eigenvalue weighted by Crippen LogP contribution is -2.33. The summed E-state index contributed by atoms with van der Waals surface area (Å²) >= 11 is 0. The molecule has 0 saturated carbocycles. The van der Waals surface area contributed by atoms with Crippen LogP contribution in [-0.2, 0) is 14.3 Å². The van der Waals surface area contributed by atoms with Crippen molar-refractivity contribution < 1.29 is 28.7 Å². The summed E-state index contributed by atoms with van der Waals surface area (Å²) in [4.78, 5) is 36.4. The molecule has 1 amide bonds. The number of ether oxygens (including phenoxy) is 3. The molecular formula is C21H20N2O7. The Labute approximate surface area is 172 Å². The summed E-state index contributed by atoms with van der Waals surface area (Å²) in [5.74, 6) is -0.554. The molecule has 9 heteroatoms. The lowest BCUT2D eigenvalue weighted by molar-refractivity contribution is -0.385. The number of rotatable bonds is 7. The molecule has 1 aliphatic heterocycles. The van der Waals surface area contributed by atoms with Gasteiger partial charge < -0.3 is 19.1 Å². The van der Waals surface area contributed by atoms with Gasteiger partial charge in [-0.2, -0.15) is 0 Å². The summed E-state index contributed by atoms with van der Waals surface area (Å²) in [7, 11) is 1.62. The first kappa shape index (κ1) is 20.8. The smallest absolute Gasteiger partial charge is 0.331 e. The second-order valence-electron chi connectivity index (χ2n) is 6.55. The lowest BCUT2D eigenvalue weighted by atomic mass is 10.1. The number of fused-ring (bicyclic) bond motifs is 1. The van der Waals surface area contributed by atoms with Gasteiger partial charge in [0.1, 0.15) is 0 Å². The molecule has 156 valence electrons. The molecule has 0 aromatic heterocycles. The van der Waals surface area contributed by atoms with Crippen LogP contribution in [0.4, 0.5) is 5.69 Å². The molecule has 9 nitrogen and oxygen atoms in total. The number of carbonyl (C=O) groups is 2. The molecule has 2 aromatic rings. The number of benzene rings is 2. The number of likely N-dealkylation sites (N-methyl/N-ethyl adjacent to an activating group) is 1. The van der Waals surface area contributed by atoms with Crippen molar-refractivity contribution in [3.63, 3.8) is 0 Å². The fourth-order valence-electron chi connectivity index (χ4n) is 2.85. The van der Waals surface area contributed by atoms with E-state index < -0.39 is 17.5 Å². The highest BCUT2D eigenvalue weighted by Gasteiger charge is 2.22. The minimum atomic E-state index is -0.795. The van der Waals surface area contributed by atoms with E-state index in [9.17, 15) is 19.7 Å². The van der Waals surface area contributed by atoms with Crippen molar-refractivity contribution in [2.75, 3.05) is 20.4 Å². The van der Waals surface area contributed by atoms with E-state index in [2.05, 4.69) is 0 Å². The molecule has 0 unspecified atom stereocenters. The molecule has 30 heavy (non-hydrogen) atoms. The molecule has 1 aliphatic rings. The predicted octanol–water partition coefficient (Wildman–Crippen LogP) is 3.10. The molecule has 2 aromatic carbocycles. The third-order valence-corrected chi connectivity index (χ3v) is 4.71. The molecule has 1 atom stereocenters. The van der Waals surface area contributed by atoms with Crippen molar-refractivity contribution in [2.45, 2.75) is 13.0 Å². The van der Waals surface area contributed by atoms with E-state index in [1.165, 1.54) is 23.1 Å². The van der Waals surface area contributed by atoms with Crippen LogP contribution in [0, 0.1) is 10.1 Å². The minimum absolute atomic E-state index is 0.0290. The number of amides is 1. The Hall–Kier alpha value is -3.88. The third-order valence-electron chi connectivity index (χ3n) is 4.71. The van der Waals surface area contributed by atoms with Crippen molar-refractivity contribution in [1.29, 1.82) is 0 Å². The normalized spacial score (nSPS) is 13.1. The van der Waals surface area contributed by atoms with Crippen LogP contribution in [0.15, 0.2) is 48.5 Å². The summed E-state index contributed by atoms with van der Waals surface area (Å²) in [5, 5.41) is 11.2. The summed E-state index contributed by atoms with van der Waals surface area (Å²) in [6.45, 7) is 1.40. The third kappa shape index (κ3) is 4.75. The Balaban J connectivity index is 1.60. The first-order valence-corrected chi connectivity index (χ1v) is 9.10. The van der Waals surface area contributed by atoms with Gasteiger partial charge in [0.2, 0.25) is 6.79 Å². The van der Waals surface area contributed by atoms with Crippen LogP contribution >= 0.6 is 0 Å². The maximum absolute atomic E-state index is 12.3. The average Bonchev–Trinajstić information content (AvgIpc) is 3.22. The maximum Gasteiger partial charge on any atom is 0.331 e. The van der Waals surface area contributed by atoms with Crippen molar-refractivity contribution >= 4 is 23.6 Å². The van der Waals surface area contributed by atoms with Gasteiger partial charge in [0.05, 0.1) is 22.6 Å². The number of hydrogen-bond acceptors (Lipinski definition) is 7. The van der Waals surface area contributed by atoms with E-state index in [0.29, 0.717) is 5.75 Å². The van der Waals surface area contributed by atoms with Crippen molar-refractivity contribution in [2.24, 2.45) is 0 Å². The highest BCUT2D eigenvalue weighted by Crippen LogP contribution is 2.38. The van der Waals surface area contributed by atoms with Gasteiger partial charge in [0, 0.05) is 13.1 Å². The van der Waals surface area contributed by atoms with Gasteiger partial charge in [-0.25, -0.2) is 4.79 Å². The summed E-state index contributed by atoms with van der Waals surface area (Å²) in [6.07, 6.45) is 2.27. The molecule has 0 bridgehead atoms. The van der Waals surface area contributed by atoms with Gasteiger partial charge in [0.15, 0.2) is 18.1 Å². The average molecular weight is 412 g/mol. The second-order valence-corrected chi connectivity index (χ2v) is 6.55. The number of hydrogen-bond donors (Lipinski definition) is 0. The molecule has 1 heterocycles. The molecule has 0 fully saturated rings. The van der Waals surface area contributed by atoms with E-state index in [1.807, 2.05) is 37.3 Å². The van der Waals surface area contributed by atoms with Crippen molar-refractivity contribution in [3.8, 4) is 11.5 Å². The Morgan fingerprint density at radius 2 is 1.90 bits per heavy atom. The Kier molecular flexibility index (Phi) is 6.31. The van der Waals surface area contributed by atoms with E-state index in [4.69, 9.17) is 14.2 Å².